The lowest BCUT2D eigenvalue weighted by molar-refractivity contribution is 0.187. The van der Waals surface area contributed by atoms with Gasteiger partial charge in [0.15, 0.2) is 5.96 Å². The highest BCUT2D eigenvalue weighted by atomic mass is 32.1. The Bertz CT molecular complexity index is 422. The second-order valence-electron chi connectivity index (χ2n) is 5.87. The molecule has 0 saturated carbocycles. The number of guanidine groups is 1. The molecular weight excluding hydrogens is 292 g/mol. The first-order valence-corrected chi connectivity index (χ1v) is 9.46. The van der Waals surface area contributed by atoms with Gasteiger partial charge in [0.25, 0.3) is 0 Å². The van der Waals surface area contributed by atoms with Crippen LogP contribution >= 0.6 is 11.3 Å². The molecule has 2 rings (SSSR count). The molecule has 2 N–H and O–H groups in total. The van der Waals surface area contributed by atoms with E-state index in [1.54, 1.807) is 11.3 Å². The molecule has 4 nitrogen and oxygen atoms in total. The lowest BCUT2D eigenvalue weighted by Gasteiger charge is -2.31. The van der Waals surface area contributed by atoms with Crippen LogP contribution in [-0.2, 0) is 6.54 Å². The summed E-state index contributed by atoms with van der Waals surface area (Å²) < 4.78 is 0. The summed E-state index contributed by atoms with van der Waals surface area (Å²) in [4.78, 5) is 8.52. The van der Waals surface area contributed by atoms with Crippen molar-refractivity contribution >= 4 is 17.3 Å². The molecule has 0 spiro atoms. The molecule has 1 aromatic heterocycles. The van der Waals surface area contributed by atoms with Gasteiger partial charge < -0.3 is 15.5 Å². The topological polar surface area (TPSA) is 39.7 Å². The Kier molecular flexibility index (Phi) is 7.74. The molecule has 1 aliphatic rings. The van der Waals surface area contributed by atoms with Crippen molar-refractivity contribution in [1.82, 2.24) is 15.5 Å². The van der Waals surface area contributed by atoms with Crippen molar-refractivity contribution in [3.8, 4) is 0 Å². The first kappa shape index (κ1) is 17.3. The fraction of sp³-hybridized carbons (Fsp3) is 0.706. The summed E-state index contributed by atoms with van der Waals surface area (Å²) in [6.07, 6.45) is 3.94. The minimum Gasteiger partial charge on any atom is -0.357 e. The van der Waals surface area contributed by atoms with E-state index in [2.05, 4.69) is 51.9 Å². The van der Waals surface area contributed by atoms with Gasteiger partial charge in [0, 0.05) is 18.0 Å². The molecule has 22 heavy (non-hydrogen) atoms. The Morgan fingerprint density at radius 3 is 2.77 bits per heavy atom. The van der Waals surface area contributed by atoms with E-state index in [4.69, 9.17) is 0 Å². The molecule has 0 aliphatic carbocycles. The summed E-state index contributed by atoms with van der Waals surface area (Å²) in [7, 11) is 0. The Morgan fingerprint density at radius 2 is 2.14 bits per heavy atom. The zero-order valence-electron chi connectivity index (χ0n) is 14.0. The molecule has 1 aromatic rings. The Hall–Kier alpha value is -1.07. The molecule has 0 unspecified atom stereocenters. The lowest BCUT2D eigenvalue weighted by atomic mass is 9.93. The summed E-state index contributed by atoms with van der Waals surface area (Å²) in [6, 6.07) is 4.22. The molecule has 1 saturated heterocycles. The zero-order valence-corrected chi connectivity index (χ0v) is 14.8. The van der Waals surface area contributed by atoms with Crippen molar-refractivity contribution in [3.05, 3.63) is 22.4 Å². The van der Waals surface area contributed by atoms with Gasteiger partial charge in [-0.3, -0.25) is 0 Å². The maximum atomic E-state index is 4.66. The number of rotatable bonds is 7. The predicted octanol–water partition coefficient (Wildman–Crippen LogP) is 2.93. The maximum absolute atomic E-state index is 4.66. The third-order valence-electron chi connectivity index (χ3n) is 4.32. The molecule has 0 aromatic carbocycles. The van der Waals surface area contributed by atoms with Crippen molar-refractivity contribution < 1.29 is 0 Å². The average Bonchev–Trinajstić information content (AvgIpc) is 3.06. The van der Waals surface area contributed by atoms with Gasteiger partial charge in [0.1, 0.15) is 0 Å². The van der Waals surface area contributed by atoms with Crippen LogP contribution in [0.15, 0.2) is 22.5 Å². The smallest absolute Gasteiger partial charge is 0.191 e. The molecule has 2 heterocycles. The minimum atomic E-state index is 0.766. The second kappa shape index (κ2) is 9.85. The van der Waals surface area contributed by atoms with Crippen LogP contribution in [0.2, 0.25) is 0 Å². The van der Waals surface area contributed by atoms with Gasteiger partial charge in [-0.05, 0) is 63.2 Å². The van der Waals surface area contributed by atoms with Crippen molar-refractivity contribution in [3.63, 3.8) is 0 Å². The molecule has 0 atom stereocenters. The fourth-order valence-corrected chi connectivity index (χ4v) is 3.52. The van der Waals surface area contributed by atoms with Crippen LogP contribution in [0.3, 0.4) is 0 Å². The molecule has 5 heteroatoms. The zero-order chi connectivity index (χ0) is 15.6. The van der Waals surface area contributed by atoms with E-state index < -0.39 is 0 Å². The highest BCUT2D eigenvalue weighted by Crippen LogP contribution is 2.19. The SMILES string of the molecule is CCNC(=NCc1cccs1)NCCC1CCN(CC)CC1. The van der Waals surface area contributed by atoms with E-state index in [9.17, 15) is 0 Å². The van der Waals surface area contributed by atoms with Gasteiger partial charge in [-0.2, -0.15) is 0 Å². The van der Waals surface area contributed by atoms with E-state index >= 15 is 0 Å². The summed E-state index contributed by atoms with van der Waals surface area (Å²) in [5.41, 5.74) is 0. The second-order valence-corrected chi connectivity index (χ2v) is 6.90. The number of nitrogens with zero attached hydrogens (tertiary/aromatic N) is 2. The molecule has 1 fully saturated rings. The van der Waals surface area contributed by atoms with Crippen LogP contribution < -0.4 is 10.6 Å². The van der Waals surface area contributed by atoms with Crippen LogP contribution in [0.4, 0.5) is 0 Å². The minimum absolute atomic E-state index is 0.766. The Balaban J connectivity index is 1.69. The summed E-state index contributed by atoms with van der Waals surface area (Å²) in [5.74, 6) is 1.82. The Labute approximate surface area is 139 Å². The van der Waals surface area contributed by atoms with Crippen LogP contribution in [0, 0.1) is 5.92 Å². The van der Waals surface area contributed by atoms with Gasteiger partial charge in [-0.25, -0.2) is 4.99 Å². The molecule has 1 aliphatic heterocycles. The van der Waals surface area contributed by atoms with Crippen molar-refractivity contribution in [2.75, 3.05) is 32.7 Å². The summed E-state index contributed by atoms with van der Waals surface area (Å²) >= 11 is 1.76. The predicted molar refractivity (Wildman–Crippen MR) is 96.6 cm³/mol. The Morgan fingerprint density at radius 1 is 1.32 bits per heavy atom. The average molecular weight is 323 g/mol. The third-order valence-corrected chi connectivity index (χ3v) is 5.18. The maximum Gasteiger partial charge on any atom is 0.191 e. The van der Waals surface area contributed by atoms with Crippen LogP contribution in [-0.4, -0.2) is 43.6 Å². The van der Waals surface area contributed by atoms with Crippen LogP contribution in [0.25, 0.3) is 0 Å². The first-order valence-electron chi connectivity index (χ1n) is 8.58. The van der Waals surface area contributed by atoms with E-state index in [-0.39, 0.29) is 0 Å². The summed E-state index contributed by atoms with van der Waals surface area (Å²) in [6.45, 7) is 10.8. The third kappa shape index (κ3) is 5.97. The number of thiophene rings is 1. The highest BCUT2D eigenvalue weighted by Gasteiger charge is 2.17. The van der Waals surface area contributed by atoms with E-state index in [1.807, 2.05) is 0 Å². The number of hydrogen-bond donors (Lipinski definition) is 2. The van der Waals surface area contributed by atoms with Crippen LogP contribution in [0.1, 0.15) is 38.0 Å². The molecule has 0 amide bonds. The summed E-state index contributed by atoms with van der Waals surface area (Å²) in [5, 5.41) is 8.92. The van der Waals surface area contributed by atoms with Gasteiger partial charge >= 0.3 is 0 Å². The van der Waals surface area contributed by atoms with Crippen LogP contribution in [0.5, 0.6) is 0 Å². The molecule has 124 valence electrons. The normalized spacial score (nSPS) is 17.6. The molecule has 0 radical (unpaired) electrons. The molecular formula is C17H30N4S. The fourth-order valence-electron chi connectivity index (χ4n) is 2.89. The van der Waals surface area contributed by atoms with E-state index in [0.29, 0.717) is 0 Å². The van der Waals surface area contributed by atoms with Gasteiger partial charge in [-0.15, -0.1) is 11.3 Å². The first-order chi connectivity index (χ1) is 10.8. The number of piperidine rings is 1. The van der Waals surface area contributed by atoms with E-state index in [0.717, 1.165) is 31.5 Å². The number of likely N-dealkylation sites (tertiary alicyclic amines) is 1. The number of nitrogens with one attached hydrogen (secondary N) is 2. The largest absolute Gasteiger partial charge is 0.357 e. The van der Waals surface area contributed by atoms with Crippen molar-refractivity contribution in [2.45, 2.75) is 39.7 Å². The lowest BCUT2D eigenvalue weighted by Crippen LogP contribution is -2.39. The van der Waals surface area contributed by atoms with Crippen molar-refractivity contribution in [1.29, 1.82) is 0 Å². The van der Waals surface area contributed by atoms with E-state index in [1.165, 1.54) is 43.8 Å². The van der Waals surface area contributed by atoms with Gasteiger partial charge in [-0.1, -0.05) is 13.0 Å². The highest BCUT2D eigenvalue weighted by molar-refractivity contribution is 7.09. The van der Waals surface area contributed by atoms with Gasteiger partial charge in [0.05, 0.1) is 6.54 Å². The number of aliphatic imine (C=N–C) groups is 1. The standard InChI is InChI=1S/C17H30N4S/c1-3-18-17(20-14-16-6-5-13-22-16)19-10-7-15-8-11-21(4-2)12-9-15/h5-6,13,15H,3-4,7-12,14H2,1-2H3,(H2,18,19,20). The van der Waals surface area contributed by atoms with Gasteiger partial charge in [0.2, 0.25) is 0 Å². The molecule has 0 bridgehead atoms. The monoisotopic (exact) mass is 322 g/mol. The van der Waals surface area contributed by atoms with Crippen molar-refractivity contribution in [2.24, 2.45) is 10.9 Å². The number of hydrogen-bond acceptors (Lipinski definition) is 3. The quantitative estimate of drug-likeness (QED) is 0.599.